The van der Waals surface area contributed by atoms with Crippen molar-refractivity contribution in [3.05, 3.63) is 29.8 Å². The minimum absolute atomic E-state index is 0.208. The fraction of sp³-hybridized carbons (Fsp3) is 0.588. The van der Waals surface area contributed by atoms with Gasteiger partial charge in [-0.05, 0) is 31.7 Å². The van der Waals surface area contributed by atoms with Crippen molar-refractivity contribution in [2.45, 2.75) is 56.4 Å². The fourth-order valence-electron chi connectivity index (χ4n) is 3.58. The molecule has 0 aliphatic heterocycles. The molecule has 3 rings (SSSR count). The quantitative estimate of drug-likeness (QED) is 0.915. The van der Waals surface area contributed by atoms with Crippen LogP contribution in [-0.2, 0) is 10.2 Å². The Morgan fingerprint density at radius 3 is 2.50 bits per heavy atom. The van der Waals surface area contributed by atoms with Gasteiger partial charge in [-0.3, -0.25) is 4.79 Å². The topological polar surface area (TPSA) is 38.3 Å². The Bertz CT molecular complexity index is 488. The van der Waals surface area contributed by atoms with Gasteiger partial charge in [-0.25, -0.2) is 0 Å². The van der Waals surface area contributed by atoms with E-state index >= 15 is 0 Å². The van der Waals surface area contributed by atoms with Gasteiger partial charge in [-0.2, -0.15) is 0 Å². The van der Waals surface area contributed by atoms with Crippen molar-refractivity contribution in [3.8, 4) is 5.75 Å². The number of benzene rings is 1. The minimum atomic E-state index is -0.352. The van der Waals surface area contributed by atoms with Gasteiger partial charge in [-0.15, -0.1) is 0 Å². The lowest BCUT2D eigenvalue weighted by Crippen LogP contribution is -2.51. The number of carbonyl (C=O) groups is 1. The number of nitrogens with one attached hydrogen (secondary N) is 1. The molecule has 0 bridgehead atoms. The summed E-state index contributed by atoms with van der Waals surface area (Å²) in [5.41, 5.74) is 0.707. The van der Waals surface area contributed by atoms with Crippen LogP contribution in [0.3, 0.4) is 0 Å². The lowest BCUT2D eigenvalue weighted by Gasteiger charge is -2.42. The molecule has 108 valence electrons. The highest BCUT2D eigenvalue weighted by Crippen LogP contribution is 2.47. The number of hydrogen-bond donors (Lipinski definition) is 1. The Labute approximate surface area is 120 Å². The second-order valence-electron chi connectivity index (χ2n) is 6.09. The maximum atomic E-state index is 12.8. The first-order valence-corrected chi connectivity index (χ1v) is 7.71. The van der Waals surface area contributed by atoms with Gasteiger partial charge in [0.2, 0.25) is 5.91 Å². The zero-order valence-electron chi connectivity index (χ0n) is 12.2. The second kappa shape index (κ2) is 5.47. The van der Waals surface area contributed by atoms with E-state index in [0.717, 1.165) is 43.4 Å². The molecular formula is C17H23NO2. The van der Waals surface area contributed by atoms with Crippen LogP contribution in [0.15, 0.2) is 24.3 Å². The zero-order valence-corrected chi connectivity index (χ0v) is 12.2. The summed E-state index contributed by atoms with van der Waals surface area (Å²) in [5.74, 6) is 1.05. The minimum Gasteiger partial charge on any atom is -0.496 e. The highest BCUT2D eigenvalue weighted by molar-refractivity contribution is 5.90. The smallest absolute Gasteiger partial charge is 0.231 e. The van der Waals surface area contributed by atoms with Crippen LogP contribution in [-0.4, -0.2) is 19.1 Å². The Balaban J connectivity index is 1.84. The standard InChI is InChI=1S/C17H23NO2/c1-20-15-10-5-4-9-14(15)17(11-6-12-17)16(19)18-13-7-2-3-8-13/h4-5,9-10,13H,2-3,6-8,11-12H2,1H3,(H,18,19). The number of carbonyl (C=O) groups excluding carboxylic acids is 1. The van der Waals surface area contributed by atoms with Gasteiger partial charge in [0.05, 0.1) is 12.5 Å². The molecule has 2 fully saturated rings. The summed E-state index contributed by atoms with van der Waals surface area (Å²) in [7, 11) is 1.68. The molecule has 0 heterocycles. The van der Waals surface area contributed by atoms with Crippen molar-refractivity contribution in [1.82, 2.24) is 5.32 Å². The van der Waals surface area contributed by atoms with E-state index in [9.17, 15) is 4.79 Å². The zero-order chi connectivity index (χ0) is 14.0. The van der Waals surface area contributed by atoms with E-state index in [1.165, 1.54) is 12.8 Å². The Morgan fingerprint density at radius 1 is 1.20 bits per heavy atom. The molecule has 2 aliphatic rings. The molecule has 1 amide bonds. The van der Waals surface area contributed by atoms with Crippen LogP contribution in [0.5, 0.6) is 5.75 Å². The molecule has 20 heavy (non-hydrogen) atoms. The summed E-state index contributed by atoms with van der Waals surface area (Å²) in [6.07, 6.45) is 7.74. The predicted octanol–water partition coefficient (Wildman–Crippen LogP) is 3.18. The molecule has 0 atom stereocenters. The number of ether oxygens (including phenoxy) is 1. The van der Waals surface area contributed by atoms with Crippen molar-refractivity contribution >= 4 is 5.91 Å². The number of methoxy groups -OCH3 is 1. The number of amides is 1. The van der Waals surface area contributed by atoms with Crippen LogP contribution in [0.2, 0.25) is 0 Å². The summed E-state index contributed by atoms with van der Waals surface area (Å²) < 4.78 is 5.47. The van der Waals surface area contributed by atoms with E-state index in [1.54, 1.807) is 7.11 Å². The second-order valence-corrected chi connectivity index (χ2v) is 6.09. The summed E-state index contributed by atoms with van der Waals surface area (Å²) >= 11 is 0. The van der Waals surface area contributed by atoms with E-state index in [4.69, 9.17) is 4.74 Å². The summed E-state index contributed by atoms with van der Waals surface area (Å²) in [6.45, 7) is 0. The van der Waals surface area contributed by atoms with Gasteiger partial charge in [-0.1, -0.05) is 37.5 Å². The maximum Gasteiger partial charge on any atom is 0.231 e. The molecule has 0 saturated heterocycles. The summed E-state index contributed by atoms with van der Waals surface area (Å²) in [5, 5.41) is 3.28. The Morgan fingerprint density at radius 2 is 1.90 bits per heavy atom. The van der Waals surface area contributed by atoms with E-state index in [1.807, 2.05) is 24.3 Å². The highest BCUT2D eigenvalue weighted by Gasteiger charge is 2.47. The number of para-hydroxylation sites is 1. The Kier molecular flexibility index (Phi) is 3.68. The van der Waals surface area contributed by atoms with Crippen molar-refractivity contribution < 1.29 is 9.53 Å². The first kappa shape index (κ1) is 13.5. The predicted molar refractivity (Wildman–Crippen MR) is 78.9 cm³/mol. The maximum absolute atomic E-state index is 12.8. The molecule has 2 aliphatic carbocycles. The summed E-state index contributed by atoms with van der Waals surface area (Å²) in [4.78, 5) is 12.8. The van der Waals surface area contributed by atoms with Gasteiger partial charge in [0.15, 0.2) is 0 Å². The molecule has 1 aromatic rings. The van der Waals surface area contributed by atoms with E-state index < -0.39 is 0 Å². The molecule has 3 nitrogen and oxygen atoms in total. The van der Waals surface area contributed by atoms with Crippen molar-refractivity contribution in [2.75, 3.05) is 7.11 Å². The third-order valence-electron chi connectivity index (χ3n) is 4.95. The monoisotopic (exact) mass is 273 g/mol. The molecule has 0 spiro atoms. The highest BCUT2D eigenvalue weighted by atomic mass is 16.5. The molecule has 2 saturated carbocycles. The van der Waals surface area contributed by atoms with Crippen LogP contribution >= 0.6 is 0 Å². The van der Waals surface area contributed by atoms with Crippen LogP contribution < -0.4 is 10.1 Å². The van der Waals surface area contributed by atoms with Gasteiger partial charge in [0, 0.05) is 11.6 Å². The molecule has 1 aromatic carbocycles. The molecule has 0 unspecified atom stereocenters. The normalized spacial score (nSPS) is 21.2. The van der Waals surface area contributed by atoms with Crippen LogP contribution in [0, 0.1) is 0 Å². The first-order valence-electron chi connectivity index (χ1n) is 7.71. The van der Waals surface area contributed by atoms with Crippen LogP contribution in [0.25, 0.3) is 0 Å². The lowest BCUT2D eigenvalue weighted by atomic mass is 9.63. The molecule has 0 aromatic heterocycles. The van der Waals surface area contributed by atoms with Gasteiger partial charge in [0.25, 0.3) is 0 Å². The van der Waals surface area contributed by atoms with Gasteiger partial charge >= 0.3 is 0 Å². The van der Waals surface area contributed by atoms with Crippen molar-refractivity contribution in [2.24, 2.45) is 0 Å². The van der Waals surface area contributed by atoms with Crippen molar-refractivity contribution in [3.63, 3.8) is 0 Å². The Hall–Kier alpha value is -1.51. The SMILES string of the molecule is COc1ccccc1C1(C(=O)NC2CCCC2)CCC1. The lowest BCUT2D eigenvalue weighted by molar-refractivity contribution is -0.130. The van der Waals surface area contributed by atoms with Crippen molar-refractivity contribution in [1.29, 1.82) is 0 Å². The average Bonchev–Trinajstić information content (AvgIpc) is 2.91. The van der Waals surface area contributed by atoms with E-state index in [-0.39, 0.29) is 11.3 Å². The molecular weight excluding hydrogens is 250 g/mol. The van der Waals surface area contributed by atoms with E-state index in [0.29, 0.717) is 6.04 Å². The average molecular weight is 273 g/mol. The third kappa shape index (κ3) is 2.19. The fourth-order valence-corrected chi connectivity index (χ4v) is 3.58. The molecule has 3 heteroatoms. The van der Waals surface area contributed by atoms with E-state index in [2.05, 4.69) is 5.32 Å². The van der Waals surface area contributed by atoms with Crippen LogP contribution in [0.1, 0.15) is 50.5 Å². The molecule has 0 radical (unpaired) electrons. The number of rotatable bonds is 4. The largest absolute Gasteiger partial charge is 0.496 e. The van der Waals surface area contributed by atoms with Gasteiger partial charge in [0.1, 0.15) is 5.75 Å². The molecule has 1 N–H and O–H groups in total. The summed E-state index contributed by atoms with van der Waals surface area (Å²) in [6, 6.07) is 8.35. The first-order chi connectivity index (χ1) is 9.76. The third-order valence-corrected chi connectivity index (χ3v) is 4.95. The van der Waals surface area contributed by atoms with Gasteiger partial charge < -0.3 is 10.1 Å². The van der Waals surface area contributed by atoms with Crippen LogP contribution in [0.4, 0.5) is 0 Å². The number of hydrogen-bond acceptors (Lipinski definition) is 2.